The van der Waals surface area contributed by atoms with Gasteiger partial charge in [0, 0.05) is 29.1 Å². The van der Waals surface area contributed by atoms with Crippen LogP contribution >= 0.6 is 23.5 Å². The van der Waals surface area contributed by atoms with E-state index in [4.69, 9.17) is 9.52 Å². The molecule has 98 valence electrons. The number of thioether (sulfide) groups is 2. The average Bonchev–Trinajstić information content (AvgIpc) is 2.87. The summed E-state index contributed by atoms with van der Waals surface area (Å²) in [5, 5.41) is 11.9. The van der Waals surface area contributed by atoms with Crippen molar-refractivity contribution in [3.8, 4) is 0 Å². The summed E-state index contributed by atoms with van der Waals surface area (Å²) in [6, 6.07) is 2.66. The zero-order chi connectivity index (χ0) is 13.0. The summed E-state index contributed by atoms with van der Waals surface area (Å²) in [4.78, 5) is 22.3. The lowest BCUT2D eigenvalue weighted by Crippen LogP contribution is -2.33. The van der Waals surface area contributed by atoms with Crippen molar-refractivity contribution in [2.45, 2.75) is 5.25 Å². The average molecular weight is 287 g/mol. The Morgan fingerprint density at radius 1 is 1.39 bits per heavy atom. The maximum atomic E-state index is 11.7. The van der Waals surface area contributed by atoms with Gasteiger partial charge in [0.15, 0.2) is 5.76 Å². The normalized spacial score (nSPS) is 19.4. The van der Waals surface area contributed by atoms with E-state index in [9.17, 15) is 9.59 Å². The summed E-state index contributed by atoms with van der Waals surface area (Å²) >= 11 is 3.74. The lowest BCUT2D eigenvalue weighted by atomic mass is 10.4. The number of aromatic carboxylic acids is 1. The summed E-state index contributed by atoms with van der Waals surface area (Å²) in [5.74, 6) is 1.59. The summed E-state index contributed by atoms with van der Waals surface area (Å²) in [7, 11) is 0. The maximum absolute atomic E-state index is 11.7. The molecule has 1 aliphatic heterocycles. The first-order valence-corrected chi connectivity index (χ1v) is 7.68. The molecule has 0 spiro atoms. The van der Waals surface area contributed by atoms with E-state index in [0.717, 1.165) is 17.3 Å². The molecule has 1 atom stereocenters. The van der Waals surface area contributed by atoms with Crippen LogP contribution in [0.3, 0.4) is 0 Å². The zero-order valence-electron chi connectivity index (χ0n) is 9.55. The van der Waals surface area contributed by atoms with Crippen LogP contribution in [0.5, 0.6) is 0 Å². The standard InChI is InChI=1S/C11H13NO4S2/c13-10(8-1-2-9(16-8)11(14)15)12-5-7-6-17-3-4-18-7/h1-2,7H,3-6H2,(H,12,13)(H,14,15). The summed E-state index contributed by atoms with van der Waals surface area (Å²) in [5.41, 5.74) is 0. The Balaban J connectivity index is 1.84. The van der Waals surface area contributed by atoms with E-state index >= 15 is 0 Å². The van der Waals surface area contributed by atoms with Crippen LogP contribution < -0.4 is 5.32 Å². The summed E-state index contributed by atoms with van der Waals surface area (Å²) in [6.45, 7) is 0.583. The second-order valence-electron chi connectivity index (χ2n) is 3.75. The van der Waals surface area contributed by atoms with Crippen molar-refractivity contribution in [2.24, 2.45) is 0 Å². The molecule has 7 heteroatoms. The molecule has 1 aromatic heterocycles. The molecule has 1 saturated heterocycles. The van der Waals surface area contributed by atoms with Crippen LogP contribution in [0.1, 0.15) is 21.1 Å². The molecule has 1 aliphatic rings. The molecule has 0 bridgehead atoms. The molecular weight excluding hydrogens is 274 g/mol. The number of hydrogen-bond acceptors (Lipinski definition) is 5. The first-order chi connectivity index (χ1) is 8.66. The molecule has 1 aromatic rings. The molecule has 1 fully saturated rings. The first kappa shape index (κ1) is 13.4. The van der Waals surface area contributed by atoms with Gasteiger partial charge in [0.1, 0.15) is 0 Å². The van der Waals surface area contributed by atoms with Crippen molar-refractivity contribution in [3.05, 3.63) is 23.7 Å². The largest absolute Gasteiger partial charge is 0.475 e. The first-order valence-electron chi connectivity index (χ1n) is 5.47. The highest BCUT2D eigenvalue weighted by Gasteiger charge is 2.18. The Kier molecular flexibility index (Phi) is 4.60. The molecule has 0 aliphatic carbocycles. The topological polar surface area (TPSA) is 79.5 Å². The van der Waals surface area contributed by atoms with Crippen LogP contribution in [-0.2, 0) is 0 Å². The molecule has 2 rings (SSSR count). The molecule has 0 radical (unpaired) electrons. The third-order valence-electron chi connectivity index (χ3n) is 2.42. The van der Waals surface area contributed by atoms with E-state index in [1.165, 1.54) is 12.1 Å². The molecular formula is C11H13NO4S2. The number of carbonyl (C=O) groups excluding carboxylic acids is 1. The Hall–Kier alpha value is -1.08. The zero-order valence-corrected chi connectivity index (χ0v) is 11.2. The molecule has 18 heavy (non-hydrogen) atoms. The van der Waals surface area contributed by atoms with E-state index < -0.39 is 5.97 Å². The predicted molar refractivity (Wildman–Crippen MR) is 71.6 cm³/mol. The van der Waals surface area contributed by atoms with Crippen molar-refractivity contribution in [1.82, 2.24) is 5.32 Å². The van der Waals surface area contributed by atoms with E-state index in [2.05, 4.69) is 5.32 Å². The number of amides is 1. The molecule has 1 amide bonds. The predicted octanol–water partition coefficient (Wildman–Crippen LogP) is 1.56. The van der Waals surface area contributed by atoms with Gasteiger partial charge in [-0.3, -0.25) is 4.79 Å². The molecule has 2 heterocycles. The Morgan fingerprint density at radius 2 is 2.17 bits per heavy atom. The minimum Gasteiger partial charge on any atom is -0.475 e. The fraction of sp³-hybridized carbons (Fsp3) is 0.455. The van der Waals surface area contributed by atoms with Gasteiger partial charge in [-0.25, -0.2) is 4.79 Å². The Bertz CT molecular complexity index is 440. The smallest absolute Gasteiger partial charge is 0.371 e. The highest BCUT2D eigenvalue weighted by Crippen LogP contribution is 2.23. The number of carboxylic acids is 1. The second kappa shape index (κ2) is 6.19. The molecule has 2 N–H and O–H groups in total. The minimum absolute atomic E-state index is 0.0425. The van der Waals surface area contributed by atoms with Crippen molar-refractivity contribution in [3.63, 3.8) is 0 Å². The fourth-order valence-corrected chi connectivity index (χ4v) is 4.13. The van der Waals surface area contributed by atoms with E-state index in [1.54, 1.807) is 0 Å². The van der Waals surface area contributed by atoms with Gasteiger partial charge in [0.05, 0.1) is 0 Å². The molecule has 5 nitrogen and oxygen atoms in total. The van der Waals surface area contributed by atoms with E-state index in [0.29, 0.717) is 11.8 Å². The van der Waals surface area contributed by atoms with Gasteiger partial charge < -0.3 is 14.8 Å². The summed E-state index contributed by atoms with van der Waals surface area (Å²) < 4.78 is 4.92. The van der Waals surface area contributed by atoms with Gasteiger partial charge in [-0.15, -0.1) is 0 Å². The van der Waals surface area contributed by atoms with Gasteiger partial charge >= 0.3 is 5.97 Å². The monoisotopic (exact) mass is 287 g/mol. The number of carbonyl (C=O) groups is 2. The van der Waals surface area contributed by atoms with Crippen molar-refractivity contribution >= 4 is 35.4 Å². The van der Waals surface area contributed by atoms with Crippen LogP contribution in [0.2, 0.25) is 0 Å². The molecule has 0 saturated carbocycles. The van der Waals surface area contributed by atoms with Gasteiger partial charge in [0.25, 0.3) is 5.91 Å². The van der Waals surface area contributed by atoms with Gasteiger partial charge in [-0.1, -0.05) is 0 Å². The third-order valence-corrected chi connectivity index (χ3v) is 5.26. The highest BCUT2D eigenvalue weighted by molar-refractivity contribution is 8.06. The van der Waals surface area contributed by atoms with Gasteiger partial charge in [-0.2, -0.15) is 23.5 Å². The number of carboxylic acid groups (broad SMARTS) is 1. The van der Waals surface area contributed by atoms with Gasteiger partial charge in [-0.05, 0) is 12.1 Å². The number of hydrogen-bond donors (Lipinski definition) is 2. The van der Waals surface area contributed by atoms with Gasteiger partial charge in [0.2, 0.25) is 5.76 Å². The van der Waals surface area contributed by atoms with Crippen LogP contribution in [0.15, 0.2) is 16.5 Å². The lowest BCUT2D eigenvalue weighted by molar-refractivity contribution is 0.0659. The number of rotatable bonds is 4. The lowest BCUT2D eigenvalue weighted by Gasteiger charge is -2.20. The van der Waals surface area contributed by atoms with Crippen LogP contribution in [0.4, 0.5) is 0 Å². The maximum Gasteiger partial charge on any atom is 0.371 e. The van der Waals surface area contributed by atoms with Crippen LogP contribution in [-0.4, -0.2) is 46.0 Å². The van der Waals surface area contributed by atoms with Crippen molar-refractivity contribution in [1.29, 1.82) is 0 Å². The fourth-order valence-electron chi connectivity index (χ4n) is 1.52. The third kappa shape index (κ3) is 3.46. The quantitative estimate of drug-likeness (QED) is 0.875. The van der Waals surface area contributed by atoms with E-state index in [-0.39, 0.29) is 17.4 Å². The number of furan rings is 1. The number of nitrogens with one attached hydrogen (secondary N) is 1. The Labute approximate surface area is 113 Å². The molecule has 1 unspecified atom stereocenters. The highest BCUT2D eigenvalue weighted by atomic mass is 32.2. The van der Waals surface area contributed by atoms with Crippen LogP contribution in [0.25, 0.3) is 0 Å². The second-order valence-corrected chi connectivity index (χ2v) is 6.30. The Morgan fingerprint density at radius 3 is 2.78 bits per heavy atom. The SMILES string of the molecule is O=C(O)c1ccc(C(=O)NCC2CSCCS2)o1. The van der Waals surface area contributed by atoms with E-state index in [1.807, 2.05) is 23.5 Å². The minimum atomic E-state index is -1.17. The van der Waals surface area contributed by atoms with Crippen LogP contribution in [0, 0.1) is 0 Å². The van der Waals surface area contributed by atoms with Crippen molar-refractivity contribution < 1.29 is 19.1 Å². The molecule has 0 aromatic carbocycles. The summed E-state index contributed by atoms with van der Waals surface area (Å²) in [6.07, 6.45) is 0. The van der Waals surface area contributed by atoms with Crippen molar-refractivity contribution in [2.75, 3.05) is 23.8 Å².